The van der Waals surface area contributed by atoms with E-state index < -0.39 is 34.0 Å². The van der Waals surface area contributed by atoms with Gasteiger partial charge in [0, 0.05) is 19.6 Å². The zero-order valence-corrected chi connectivity index (χ0v) is 17.7. The van der Waals surface area contributed by atoms with E-state index in [1.165, 1.54) is 4.31 Å². The highest BCUT2D eigenvalue weighted by atomic mass is 35.5. The molecule has 0 aliphatic carbocycles. The Morgan fingerprint density at radius 3 is 2.55 bits per heavy atom. The van der Waals surface area contributed by atoms with Crippen LogP contribution in [0.15, 0.2) is 12.1 Å². The molecule has 0 radical (unpaired) electrons. The molecule has 2 heterocycles. The molecular formula is C17H21Cl2N3O6S. The number of hydrogen-bond donors (Lipinski definition) is 2. The fourth-order valence-electron chi connectivity index (χ4n) is 3.95. The number of fused-ring (bicyclic) bond motifs is 1. The van der Waals surface area contributed by atoms with Gasteiger partial charge in [0.25, 0.3) is 0 Å². The Bertz CT molecular complexity index is 913. The molecule has 1 aromatic carbocycles. The smallest absolute Gasteiger partial charge is 0.407 e. The first kappa shape index (κ1) is 22.1. The summed E-state index contributed by atoms with van der Waals surface area (Å²) in [5.74, 6) is -0.590. The second-order valence-corrected chi connectivity index (χ2v) is 9.96. The number of rotatable bonds is 6. The van der Waals surface area contributed by atoms with E-state index >= 15 is 0 Å². The first-order valence-electron chi connectivity index (χ1n) is 9.00. The molecule has 0 unspecified atom stereocenters. The zero-order valence-electron chi connectivity index (χ0n) is 15.4. The Morgan fingerprint density at radius 1 is 1.28 bits per heavy atom. The van der Waals surface area contributed by atoms with Gasteiger partial charge in [-0.25, -0.2) is 18.3 Å². The SMILES string of the molecule is O=CN(O)[C@@H](CS(=O)(=O)N1CCc2cc(Cl)c(Cl)cc2C1)[C@@H]1CCCN1C(=O)O. The molecule has 0 saturated carbocycles. The standard InChI is InChI=1S/C17H21Cl2N3O6S/c18-13-6-11-3-5-20(8-12(11)7-14(13)19)29(27,28)9-16(22(26)10-23)15-2-1-4-21(15)17(24)25/h6-7,10,15-16,26H,1-5,8-9H2,(H,24,25)/t15-,16-/m0/s1. The topological polar surface area (TPSA) is 118 Å². The lowest BCUT2D eigenvalue weighted by Gasteiger charge is -2.35. The Labute approximate surface area is 178 Å². The van der Waals surface area contributed by atoms with Crippen LogP contribution in [0.1, 0.15) is 24.0 Å². The highest BCUT2D eigenvalue weighted by Gasteiger charge is 2.41. The molecule has 1 saturated heterocycles. The zero-order chi connectivity index (χ0) is 21.3. The highest BCUT2D eigenvalue weighted by Crippen LogP contribution is 2.31. The summed E-state index contributed by atoms with van der Waals surface area (Å²) in [6.07, 6.45) is 0.209. The van der Waals surface area contributed by atoms with Crippen molar-refractivity contribution in [2.45, 2.75) is 37.9 Å². The van der Waals surface area contributed by atoms with Crippen molar-refractivity contribution in [2.24, 2.45) is 0 Å². The number of hydrogen-bond acceptors (Lipinski definition) is 5. The maximum Gasteiger partial charge on any atom is 0.407 e. The third-order valence-corrected chi connectivity index (χ3v) is 8.01. The molecule has 12 heteroatoms. The van der Waals surface area contributed by atoms with Gasteiger partial charge in [0.15, 0.2) is 0 Å². The van der Waals surface area contributed by atoms with Gasteiger partial charge in [-0.2, -0.15) is 4.31 Å². The molecule has 29 heavy (non-hydrogen) atoms. The monoisotopic (exact) mass is 465 g/mol. The number of benzene rings is 1. The van der Waals surface area contributed by atoms with Crippen molar-refractivity contribution in [1.82, 2.24) is 14.3 Å². The first-order chi connectivity index (χ1) is 13.6. The number of hydroxylamine groups is 2. The van der Waals surface area contributed by atoms with Crippen LogP contribution < -0.4 is 0 Å². The van der Waals surface area contributed by atoms with Crippen LogP contribution in [0.3, 0.4) is 0 Å². The molecule has 1 aromatic rings. The molecule has 2 aliphatic heterocycles. The number of nitrogens with zero attached hydrogens (tertiary/aromatic N) is 3. The van der Waals surface area contributed by atoms with Crippen LogP contribution in [0.5, 0.6) is 0 Å². The Morgan fingerprint density at radius 2 is 1.93 bits per heavy atom. The summed E-state index contributed by atoms with van der Waals surface area (Å²) in [6.45, 7) is 0.514. The average molecular weight is 466 g/mol. The van der Waals surface area contributed by atoms with E-state index in [4.69, 9.17) is 23.2 Å². The minimum Gasteiger partial charge on any atom is -0.465 e. The molecule has 2 aliphatic rings. The lowest BCUT2D eigenvalue weighted by atomic mass is 10.0. The van der Waals surface area contributed by atoms with Crippen molar-refractivity contribution in [3.8, 4) is 0 Å². The Kier molecular flexibility index (Phi) is 6.59. The first-order valence-corrected chi connectivity index (χ1v) is 11.4. The molecule has 160 valence electrons. The van der Waals surface area contributed by atoms with Crippen molar-refractivity contribution in [3.05, 3.63) is 33.3 Å². The van der Waals surface area contributed by atoms with Gasteiger partial charge in [-0.1, -0.05) is 23.2 Å². The van der Waals surface area contributed by atoms with Crippen molar-refractivity contribution >= 4 is 45.7 Å². The van der Waals surface area contributed by atoms with Gasteiger partial charge >= 0.3 is 6.09 Å². The van der Waals surface area contributed by atoms with E-state index in [9.17, 15) is 28.3 Å². The summed E-state index contributed by atoms with van der Waals surface area (Å²) in [7, 11) is -3.91. The normalized spacial score (nSPS) is 20.9. The summed E-state index contributed by atoms with van der Waals surface area (Å²) in [4.78, 5) is 23.7. The van der Waals surface area contributed by atoms with Gasteiger partial charge in [0.2, 0.25) is 16.4 Å². The minimum absolute atomic E-state index is 0.0844. The number of likely N-dealkylation sites (tertiary alicyclic amines) is 1. The third-order valence-electron chi connectivity index (χ3n) is 5.43. The summed E-state index contributed by atoms with van der Waals surface area (Å²) in [6, 6.07) is 1.34. The average Bonchev–Trinajstić information content (AvgIpc) is 3.16. The second-order valence-electron chi connectivity index (χ2n) is 7.14. The van der Waals surface area contributed by atoms with E-state index in [0.717, 1.165) is 16.0 Å². The van der Waals surface area contributed by atoms with Gasteiger partial charge in [-0.15, -0.1) is 0 Å². The molecule has 3 rings (SSSR count). The van der Waals surface area contributed by atoms with Crippen molar-refractivity contribution in [3.63, 3.8) is 0 Å². The maximum absolute atomic E-state index is 13.1. The van der Waals surface area contributed by atoms with Crippen LogP contribution in [0.2, 0.25) is 10.0 Å². The molecule has 0 aromatic heterocycles. The quantitative estimate of drug-likeness (QED) is 0.376. The van der Waals surface area contributed by atoms with Crippen LogP contribution in [-0.4, -0.2) is 76.4 Å². The van der Waals surface area contributed by atoms with Gasteiger partial charge in [-0.3, -0.25) is 10.0 Å². The summed E-state index contributed by atoms with van der Waals surface area (Å²) >= 11 is 12.1. The molecular weight excluding hydrogens is 445 g/mol. The Hall–Kier alpha value is -1.59. The third kappa shape index (κ3) is 4.61. The summed E-state index contributed by atoms with van der Waals surface area (Å²) < 4.78 is 27.4. The molecule has 2 N–H and O–H groups in total. The highest BCUT2D eigenvalue weighted by molar-refractivity contribution is 7.89. The van der Waals surface area contributed by atoms with E-state index in [2.05, 4.69) is 0 Å². The van der Waals surface area contributed by atoms with Crippen LogP contribution in [0.25, 0.3) is 0 Å². The molecule has 1 fully saturated rings. The number of sulfonamides is 1. The predicted molar refractivity (Wildman–Crippen MR) is 106 cm³/mol. The summed E-state index contributed by atoms with van der Waals surface area (Å²) in [5.41, 5.74) is 1.64. The summed E-state index contributed by atoms with van der Waals surface area (Å²) in [5, 5.41) is 20.3. The van der Waals surface area contributed by atoms with E-state index in [-0.39, 0.29) is 31.1 Å². The second kappa shape index (κ2) is 8.65. The van der Waals surface area contributed by atoms with Gasteiger partial charge in [0.1, 0.15) is 0 Å². The van der Waals surface area contributed by atoms with Gasteiger partial charge in [0.05, 0.1) is 27.9 Å². The largest absolute Gasteiger partial charge is 0.465 e. The molecule has 2 atom stereocenters. The minimum atomic E-state index is -3.91. The fourth-order valence-corrected chi connectivity index (χ4v) is 6.05. The van der Waals surface area contributed by atoms with Crippen LogP contribution in [0, 0.1) is 0 Å². The number of halogens is 2. The molecule has 9 nitrogen and oxygen atoms in total. The van der Waals surface area contributed by atoms with E-state index in [1.54, 1.807) is 12.1 Å². The van der Waals surface area contributed by atoms with Gasteiger partial charge in [-0.05, 0) is 42.5 Å². The van der Waals surface area contributed by atoms with E-state index in [0.29, 0.717) is 29.3 Å². The van der Waals surface area contributed by atoms with Crippen LogP contribution in [0.4, 0.5) is 4.79 Å². The maximum atomic E-state index is 13.1. The Balaban J connectivity index is 1.83. The molecule has 2 amide bonds. The molecule has 0 spiro atoms. The van der Waals surface area contributed by atoms with Crippen molar-refractivity contribution < 1.29 is 28.3 Å². The van der Waals surface area contributed by atoms with Gasteiger partial charge < -0.3 is 10.0 Å². The van der Waals surface area contributed by atoms with Crippen LogP contribution in [-0.2, 0) is 27.8 Å². The number of carbonyl (C=O) groups excluding carboxylic acids is 1. The van der Waals surface area contributed by atoms with Crippen molar-refractivity contribution in [1.29, 1.82) is 0 Å². The molecule has 0 bridgehead atoms. The van der Waals surface area contributed by atoms with E-state index in [1.807, 2.05) is 0 Å². The number of carboxylic acid groups (broad SMARTS) is 1. The predicted octanol–water partition coefficient (Wildman–Crippen LogP) is 2.04. The van der Waals surface area contributed by atoms with Crippen molar-refractivity contribution in [2.75, 3.05) is 18.8 Å². The fraction of sp³-hybridized carbons (Fsp3) is 0.529. The number of amides is 2. The van der Waals surface area contributed by atoms with Crippen LogP contribution >= 0.6 is 23.2 Å². The number of carbonyl (C=O) groups is 2. The lowest BCUT2D eigenvalue weighted by molar-refractivity contribution is -0.162. The lowest BCUT2D eigenvalue weighted by Crippen LogP contribution is -2.54.